The normalized spacial score (nSPS) is 11.0. The minimum atomic E-state index is -0.599. The molecule has 1 N–H and O–H groups in total. The van der Waals surface area contributed by atoms with Crippen LogP contribution in [0.1, 0.15) is 13.8 Å². The maximum Gasteiger partial charge on any atom is 0.365 e. The molecule has 0 amide bonds. The molecule has 0 saturated carbocycles. The van der Waals surface area contributed by atoms with Crippen LogP contribution in [0.25, 0.3) is 0 Å². The maximum absolute atomic E-state index is 11.8. The van der Waals surface area contributed by atoms with E-state index in [2.05, 4.69) is 10.5 Å². The van der Waals surface area contributed by atoms with E-state index in [-0.39, 0.29) is 24.0 Å². The van der Waals surface area contributed by atoms with Crippen LogP contribution >= 0.6 is 23.4 Å². The fourth-order valence-corrected chi connectivity index (χ4v) is 2.05. The van der Waals surface area contributed by atoms with E-state index in [9.17, 15) is 9.59 Å². The summed E-state index contributed by atoms with van der Waals surface area (Å²) in [6.07, 6.45) is 0. The molecule has 0 heterocycles. The van der Waals surface area contributed by atoms with Crippen molar-refractivity contribution in [3.63, 3.8) is 0 Å². The Balaban J connectivity index is 2.71. The zero-order valence-corrected chi connectivity index (χ0v) is 13.9. The molecule has 0 atom stereocenters. The SMILES string of the molecule is CCOC(=O)CS/C(=N/Nc1ccc(Cl)cc1)C(=O)OCC. The van der Waals surface area contributed by atoms with Gasteiger partial charge in [0.25, 0.3) is 0 Å². The summed E-state index contributed by atoms with van der Waals surface area (Å²) in [6.45, 7) is 3.91. The van der Waals surface area contributed by atoms with Crippen LogP contribution in [0.2, 0.25) is 5.02 Å². The van der Waals surface area contributed by atoms with Crippen LogP contribution in [-0.2, 0) is 19.1 Å². The smallest absolute Gasteiger partial charge is 0.365 e. The number of carbonyl (C=O) groups is 2. The highest BCUT2D eigenvalue weighted by atomic mass is 35.5. The van der Waals surface area contributed by atoms with Gasteiger partial charge in [-0.1, -0.05) is 23.4 Å². The van der Waals surface area contributed by atoms with Crippen LogP contribution < -0.4 is 5.43 Å². The van der Waals surface area contributed by atoms with Gasteiger partial charge in [-0.15, -0.1) is 0 Å². The second-order valence-electron chi connectivity index (χ2n) is 3.85. The summed E-state index contributed by atoms with van der Waals surface area (Å²) in [4.78, 5) is 23.2. The van der Waals surface area contributed by atoms with Crippen molar-refractivity contribution in [2.45, 2.75) is 13.8 Å². The summed E-state index contributed by atoms with van der Waals surface area (Å²) in [6, 6.07) is 6.81. The number of nitrogens with one attached hydrogen (secondary N) is 1. The molecule has 0 fully saturated rings. The monoisotopic (exact) mass is 344 g/mol. The van der Waals surface area contributed by atoms with E-state index < -0.39 is 11.9 Å². The van der Waals surface area contributed by atoms with Gasteiger partial charge in [0.1, 0.15) is 0 Å². The molecule has 120 valence electrons. The van der Waals surface area contributed by atoms with Gasteiger partial charge in [-0.3, -0.25) is 10.2 Å². The quantitative estimate of drug-likeness (QED) is 0.370. The van der Waals surface area contributed by atoms with Crippen LogP contribution in [0, 0.1) is 0 Å². The zero-order chi connectivity index (χ0) is 16.4. The van der Waals surface area contributed by atoms with E-state index in [4.69, 9.17) is 21.1 Å². The molecule has 0 aromatic heterocycles. The van der Waals surface area contributed by atoms with Gasteiger partial charge in [0.2, 0.25) is 5.04 Å². The van der Waals surface area contributed by atoms with Crippen molar-refractivity contribution in [1.82, 2.24) is 0 Å². The first kappa shape index (κ1) is 18.3. The summed E-state index contributed by atoms with van der Waals surface area (Å²) in [7, 11) is 0. The summed E-state index contributed by atoms with van der Waals surface area (Å²) < 4.78 is 9.71. The highest BCUT2D eigenvalue weighted by molar-refractivity contribution is 8.16. The summed E-state index contributed by atoms with van der Waals surface area (Å²) in [5.74, 6) is -1.04. The molecular formula is C14H17ClN2O4S. The number of carbonyl (C=O) groups excluding carboxylic acids is 2. The predicted molar refractivity (Wildman–Crippen MR) is 88.2 cm³/mol. The number of esters is 2. The first-order valence-corrected chi connectivity index (χ1v) is 7.98. The molecule has 0 saturated heterocycles. The van der Waals surface area contributed by atoms with Gasteiger partial charge in [-0.25, -0.2) is 4.79 Å². The fraction of sp³-hybridized carbons (Fsp3) is 0.357. The number of halogens is 1. The largest absolute Gasteiger partial charge is 0.465 e. The molecule has 6 nitrogen and oxygen atoms in total. The standard InChI is InChI=1S/C14H17ClN2O4S/c1-3-20-12(18)9-22-13(14(19)21-4-2)17-16-11-7-5-10(15)6-8-11/h5-8,16H,3-4,9H2,1-2H3/b17-13+. The summed E-state index contributed by atoms with van der Waals surface area (Å²) in [5.41, 5.74) is 3.38. The van der Waals surface area contributed by atoms with Crippen molar-refractivity contribution in [1.29, 1.82) is 0 Å². The third-order valence-electron chi connectivity index (χ3n) is 2.21. The van der Waals surface area contributed by atoms with Gasteiger partial charge in [-0.2, -0.15) is 5.10 Å². The van der Waals surface area contributed by atoms with Crippen molar-refractivity contribution in [2.75, 3.05) is 24.4 Å². The van der Waals surface area contributed by atoms with Crippen LogP contribution in [0.15, 0.2) is 29.4 Å². The second kappa shape index (κ2) is 10.1. The number of ether oxygens (including phenoxy) is 2. The molecule has 0 spiro atoms. The van der Waals surface area contributed by atoms with Crippen molar-refractivity contribution >= 4 is 46.0 Å². The van der Waals surface area contributed by atoms with Crippen molar-refractivity contribution < 1.29 is 19.1 Å². The van der Waals surface area contributed by atoms with Crippen molar-refractivity contribution in [3.8, 4) is 0 Å². The highest BCUT2D eigenvalue weighted by Gasteiger charge is 2.16. The first-order chi connectivity index (χ1) is 10.6. The van der Waals surface area contributed by atoms with Gasteiger partial charge in [0, 0.05) is 5.02 Å². The Morgan fingerprint density at radius 3 is 2.41 bits per heavy atom. The Bertz CT molecular complexity index is 534. The molecule has 1 rings (SSSR count). The summed E-state index contributed by atoms with van der Waals surface area (Å²) >= 11 is 6.74. The number of hydrazone groups is 1. The predicted octanol–water partition coefficient (Wildman–Crippen LogP) is 2.92. The maximum atomic E-state index is 11.8. The molecule has 0 bridgehead atoms. The second-order valence-corrected chi connectivity index (χ2v) is 5.25. The first-order valence-electron chi connectivity index (χ1n) is 6.61. The highest BCUT2D eigenvalue weighted by Crippen LogP contribution is 2.14. The van der Waals surface area contributed by atoms with Crippen LogP contribution in [0.5, 0.6) is 0 Å². The van der Waals surface area contributed by atoms with Gasteiger partial charge in [0.15, 0.2) is 0 Å². The number of hydrogen-bond donors (Lipinski definition) is 1. The molecule has 0 aliphatic rings. The molecule has 0 unspecified atom stereocenters. The van der Waals surface area contributed by atoms with Crippen molar-refractivity contribution in [3.05, 3.63) is 29.3 Å². The third kappa shape index (κ3) is 6.82. The van der Waals surface area contributed by atoms with E-state index in [0.717, 1.165) is 11.8 Å². The van der Waals surface area contributed by atoms with E-state index in [0.29, 0.717) is 10.7 Å². The van der Waals surface area contributed by atoms with Gasteiger partial charge in [0.05, 0.1) is 24.7 Å². The molecule has 0 radical (unpaired) electrons. The molecular weight excluding hydrogens is 328 g/mol. The Labute approximate surface area is 138 Å². The Kier molecular flexibility index (Phi) is 8.39. The average Bonchev–Trinajstić information content (AvgIpc) is 2.49. The van der Waals surface area contributed by atoms with E-state index in [1.54, 1.807) is 38.1 Å². The van der Waals surface area contributed by atoms with Crippen molar-refractivity contribution in [2.24, 2.45) is 5.10 Å². The third-order valence-corrected chi connectivity index (χ3v) is 3.38. The van der Waals surface area contributed by atoms with E-state index in [1.807, 2.05) is 0 Å². The lowest BCUT2D eigenvalue weighted by Crippen LogP contribution is -2.18. The molecule has 0 aliphatic carbocycles. The lowest BCUT2D eigenvalue weighted by molar-refractivity contribution is -0.139. The number of nitrogens with zero attached hydrogens (tertiary/aromatic N) is 1. The van der Waals surface area contributed by atoms with Crippen LogP contribution in [0.4, 0.5) is 5.69 Å². The summed E-state index contributed by atoms with van der Waals surface area (Å²) in [5, 5.41) is 4.62. The lowest BCUT2D eigenvalue weighted by atomic mass is 10.3. The number of thioether (sulfide) groups is 1. The Hall–Kier alpha value is -1.73. The Morgan fingerprint density at radius 1 is 1.18 bits per heavy atom. The minimum Gasteiger partial charge on any atom is -0.465 e. The number of anilines is 1. The molecule has 1 aromatic rings. The topological polar surface area (TPSA) is 77.0 Å². The average molecular weight is 345 g/mol. The Morgan fingerprint density at radius 2 is 1.82 bits per heavy atom. The van der Waals surface area contributed by atoms with Crippen LogP contribution in [0.3, 0.4) is 0 Å². The fourth-order valence-electron chi connectivity index (χ4n) is 1.30. The molecule has 0 aliphatic heterocycles. The molecule has 1 aromatic carbocycles. The molecule has 22 heavy (non-hydrogen) atoms. The number of hydrogen-bond acceptors (Lipinski definition) is 7. The van der Waals surface area contributed by atoms with Gasteiger partial charge < -0.3 is 9.47 Å². The van der Waals surface area contributed by atoms with Gasteiger partial charge in [-0.05, 0) is 38.1 Å². The number of benzene rings is 1. The lowest BCUT2D eigenvalue weighted by Gasteiger charge is -2.07. The zero-order valence-electron chi connectivity index (χ0n) is 12.3. The number of rotatable bonds is 6. The van der Waals surface area contributed by atoms with Gasteiger partial charge >= 0.3 is 11.9 Å². The van der Waals surface area contributed by atoms with E-state index >= 15 is 0 Å². The van der Waals surface area contributed by atoms with Crippen LogP contribution in [-0.4, -0.2) is 35.9 Å². The molecule has 8 heteroatoms. The van der Waals surface area contributed by atoms with E-state index in [1.165, 1.54) is 0 Å². The minimum absolute atomic E-state index is 0.0201.